The van der Waals surface area contributed by atoms with Crippen molar-refractivity contribution in [3.05, 3.63) is 83.2 Å². The van der Waals surface area contributed by atoms with Gasteiger partial charge in [-0.1, -0.05) is 42.1 Å². The van der Waals surface area contributed by atoms with E-state index in [1.807, 2.05) is 23.9 Å². The van der Waals surface area contributed by atoms with E-state index in [1.54, 1.807) is 21.3 Å². The summed E-state index contributed by atoms with van der Waals surface area (Å²) in [4.78, 5) is 3.78. The number of methoxy groups -OCH3 is 3. The molecule has 0 saturated carbocycles. The van der Waals surface area contributed by atoms with Crippen LogP contribution in [0.5, 0.6) is 11.5 Å². The number of rotatable bonds is 7. The Labute approximate surface area is 200 Å². The predicted octanol–water partition coefficient (Wildman–Crippen LogP) is 5.62. The van der Waals surface area contributed by atoms with Gasteiger partial charge in [-0.25, -0.2) is 0 Å². The zero-order valence-corrected chi connectivity index (χ0v) is 20.5. The van der Waals surface area contributed by atoms with Gasteiger partial charge in [0.05, 0.1) is 33.6 Å². The summed E-state index contributed by atoms with van der Waals surface area (Å²) in [7, 11) is 5.02. The maximum Gasteiger partial charge on any atom is 0.160 e. The quantitative estimate of drug-likeness (QED) is 0.529. The minimum atomic E-state index is 0.177. The minimum Gasteiger partial charge on any atom is -0.499 e. The van der Waals surface area contributed by atoms with E-state index in [0.717, 1.165) is 35.8 Å². The number of fused-ring (bicyclic) bond motifs is 1. The number of hydrogen-bond acceptors (Lipinski definition) is 6. The molecule has 2 aliphatic rings. The van der Waals surface area contributed by atoms with Crippen LogP contribution in [0.1, 0.15) is 12.5 Å². The van der Waals surface area contributed by atoms with Gasteiger partial charge in [-0.15, -0.1) is 0 Å². The van der Waals surface area contributed by atoms with Gasteiger partial charge in [0.25, 0.3) is 0 Å². The first-order chi connectivity index (χ1) is 16.1. The van der Waals surface area contributed by atoms with Crippen LogP contribution in [0.3, 0.4) is 0 Å². The van der Waals surface area contributed by atoms with Gasteiger partial charge in [0, 0.05) is 11.4 Å². The monoisotopic (exact) mass is 465 g/mol. The van der Waals surface area contributed by atoms with Gasteiger partial charge in [-0.3, -0.25) is 0 Å². The molecule has 0 fully saturated rings. The molecule has 0 saturated heterocycles. The van der Waals surface area contributed by atoms with Crippen LogP contribution < -0.4 is 14.4 Å². The Morgan fingerprint density at radius 2 is 1.79 bits per heavy atom. The summed E-state index contributed by atoms with van der Waals surface area (Å²) < 4.78 is 22.4. The average Bonchev–Trinajstić information content (AvgIpc) is 3.25. The number of para-hydroxylation sites is 1. The second kappa shape index (κ2) is 10.9. The first kappa shape index (κ1) is 23.3. The summed E-state index contributed by atoms with van der Waals surface area (Å²) in [5, 5.41) is 0.177. The Morgan fingerprint density at radius 3 is 2.58 bits per heavy atom. The van der Waals surface area contributed by atoms with Crippen molar-refractivity contribution < 1.29 is 18.9 Å². The molecular formula is C27H31NO4S. The van der Waals surface area contributed by atoms with Crippen molar-refractivity contribution in [3.63, 3.8) is 0 Å². The van der Waals surface area contributed by atoms with Gasteiger partial charge in [0.15, 0.2) is 11.5 Å². The van der Waals surface area contributed by atoms with Crippen molar-refractivity contribution in [1.82, 2.24) is 0 Å². The summed E-state index contributed by atoms with van der Waals surface area (Å²) in [5.41, 5.74) is 4.87. The van der Waals surface area contributed by atoms with Crippen molar-refractivity contribution in [1.29, 1.82) is 0 Å². The Morgan fingerprint density at radius 1 is 0.970 bits per heavy atom. The molecule has 1 unspecified atom stereocenters. The third-order valence-electron chi connectivity index (χ3n) is 5.83. The topological polar surface area (TPSA) is 40.2 Å². The molecule has 0 amide bonds. The second-order valence-electron chi connectivity index (χ2n) is 8.03. The molecule has 2 aliphatic heterocycles. The van der Waals surface area contributed by atoms with Crippen molar-refractivity contribution in [3.8, 4) is 11.5 Å². The average molecular weight is 466 g/mol. The zero-order valence-electron chi connectivity index (χ0n) is 19.7. The molecule has 5 nitrogen and oxygen atoms in total. The lowest BCUT2D eigenvalue weighted by Crippen LogP contribution is -2.34. The molecule has 33 heavy (non-hydrogen) atoms. The lowest BCUT2D eigenvalue weighted by atomic mass is 10.1. The maximum absolute atomic E-state index is 6.03. The first-order valence-electron chi connectivity index (χ1n) is 11.1. The highest BCUT2D eigenvalue weighted by atomic mass is 32.2. The Bertz CT molecular complexity index is 1080. The lowest BCUT2D eigenvalue weighted by Gasteiger charge is -2.29. The molecule has 1 atom stereocenters. The largest absolute Gasteiger partial charge is 0.499 e. The van der Waals surface area contributed by atoms with Crippen LogP contribution >= 0.6 is 11.8 Å². The molecule has 174 valence electrons. The summed E-state index contributed by atoms with van der Waals surface area (Å²) in [6.45, 7) is 3.99. The fraction of sp³-hybridized carbons (Fsp3) is 0.333. The lowest BCUT2D eigenvalue weighted by molar-refractivity contribution is 0.129. The maximum atomic E-state index is 6.03. The number of anilines is 1. The van der Waals surface area contributed by atoms with Gasteiger partial charge in [0.1, 0.15) is 17.7 Å². The SMILES string of the molecule is CO/C1=C/C(C)=C\C=C(\C2Sc3ccccc3N2CCc2ccc(OC)c(OC)c2)COC1. The van der Waals surface area contributed by atoms with Crippen LogP contribution in [-0.2, 0) is 15.9 Å². The van der Waals surface area contributed by atoms with Crippen LogP contribution in [-0.4, -0.2) is 46.5 Å². The van der Waals surface area contributed by atoms with Gasteiger partial charge < -0.3 is 23.8 Å². The van der Waals surface area contributed by atoms with E-state index < -0.39 is 0 Å². The van der Waals surface area contributed by atoms with Crippen molar-refractivity contribution in [2.45, 2.75) is 23.6 Å². The first-order valence-corrected chi connectivity index (χ1v) is 11.9. The molecule has 0 bridgehead atoms. The number of hydrogen-bond donors (Lipinski definition) is 0. The smallest absolute Gasteiger partial charge is 0.160 e. The Balaban J connectivity index is 1.59. The van der Waals surface area contributed by atoms with Gasteiger partial charge >= 0.3 is 0 Å². The van der Waals surface area contributed by atoms with Crippen LogP contribution in [0.4, 0.5) is 5.69 Å². The molecule has 0 spiro atoms. The molecule has 2 aromatic carbocycles. The van der Waals surface area contributed by atoms with E-state index in [1.165, 1.54) is 21.7 Å². The van der Waals surface area contributed by atoms with Crippen LogP contribution in [0, 0.1) is 0 Å². The van der Waals surface area contributed by atoms with E-state index in [4.69, 9.17) is 18.9 Å². The van der Waals surface area contributed by atoms with Crippen molar-refractivity contribution >= 4 is 17.4 Å². The molecule has 2 heterocycles. The van der Waals surface area contributed by atoms with Crippen LogP contribution in [0.15, 0.2) is 82.5 Å². The van der Waals surface area contributed by atoms with E-state index in [2.05, 4.69) is 60.4 Å². The normalized spacial score (nSPS) is 23.0. The van der Waals surface area contributed by atoms with Gasteiger partial charge in [-0.05, 0) is 60.4 Å². The van der Waals surface area contributed by atoms with E-state index in [0.29, 0.717) is 13.2 Å². The fourth-order valence-corrected chi connectivity index (χ4v) is 5.42. The molecule has 0 N–H and O–H groups in total. The van der Waals surface area contributed by atoms with E-state index in [-0.39, 0.29) is 5.37 Å². The molecular weight excluding hydrogens is 434 g/mol. The van der Waals surface area contributed by atoms with Crippen LogP contribution in [0.2, 0.25) is 0 Å². The summed E-state index contributed by atoms with van der Waals surface area (Å²) >= 11 is 1.89. The predicted molar refractivity (Wildman–Crippen MR) is 134 cm³/mol. The number of ether oxygens (including phenoxy) is 4. The second-order valence-corrected chi connectivity index (χ2v) is 9.15. The fourth-order valence-electron chi connectivity index (χ4n) is 4.07. The highest BCUT2D eigenvalue weighted by Gasteiger charge is 2.32. The summed E-state index contributed by atoms with van der Waals surface area (Å²) in [6, 6.07) is 14.8. The number of allylic oxidation sites excluding steroid dienone is 4. The minimum absolute atomic E-state index is 0.177. The highest BCUT2D eigenvalue weighted by Crippen LogP contribution is 2.46. The molecule has 0 radical (unpaired) electrons. The van der Waals surface area contributed by atoms with Crippen LogP contribution in [0.25, 0.3) is 0 Å². The Kier molecular flexibility index (Phi) is 7.68. The number of benzene rings is 2. The van der Waals surface area contributed by atoms with E-state index >= 15 is 0 Å². The zero-order chi connectivity index (χ0) is 23.2. The van der Waals surface area contributed by atoms with Crippen molar-refractivity contribution in [2.24, 2.45) is 0 Å². The molecule has 0 aliphatic carbocycles. The Hall–Kier alpha value is -2.83. The molecule has 4 rings (SSSR count). The van der Waals surface area contributed by atoms with Gasteiger partial charge in [0.2, 0.25) is 0 Å². The standard InChI is InChI=1S/C27H31NO4S/c1-19-9-11-21(17-32-18-22(15-19)29-2)27-28(23-7-5-6-8-26(23)33-27)14-13-20-10-12-24(30-3)25(16-20)31-4/h5-12,15-16,27H,13-14,17-18H2,1-4H3/b19-9-,21-11+,22-15+. The van der Waals surface area contributed by atoms with E-state index in [9.17, 15) is 0 Å². The number of thioether (sulfide) groups is 1. The third kappa shape index (κ3) is 5.40. The molecule has 2 aromatic rings. The highest BCUT2D eigenvalue weighted by molar-refractivity contribution is 8.00. The molecule has 0 aromatic heterocycles. The van der Waals surface area contributed by atoms with Crippen molar-refractivity contribution in [2.75, 3.05) is 46.0 Å². The summed E-state index contributed by atoms with van der Waals surface area (Å²) in [5.74, 6) is 2.35. The summed E-state index contributed by atoms with van der Waals surface area (Å²) in [6.07, 6.45) is 7.28. The molecule has 6 heteroatoms. The number of nitrogens with zero attached hydrogens (tertiary/aromatic N) is 1. The van der Waals surface area contributed by atoms with Gasteiger partial charge in [-0.2, -0.15) is 0 Å². The third-order valence-corrected chi connectivity index (χ3v) is 7.21.